The molecule has 0 unspecified atom stereocenters. The van der Waals surface area contributed by atoms with Crippen LogP contribution in [-0.2, 0) is 19.0 Å². The van der Waals surface area contributed by atoms with Crippen LogP contribution in [0.4, 0.5) is 0 Å². The lowest BCUT2D eigenvalue weighted by molar-refractivity contribution is -0.149. The van der Waals surface area contributed by atoms with E-state index in [0.29, 0.717) is 12.2 Å². The number of esters is 1. The van der Waals surface area contributed by atoms with Crippen molar-refractivity contribution < 1.29 is 19.0 Å². The number of carbonyl (C=O) groups excluding carboxylic acids is 1. The highest BCUT2D eigenvalue weighted by Gasteiger charge is 2.53. The van der Waals surface area contributed by atoms with E-state index in [2.05, 4.69) is 6.08 Å². The predicted octanol–water partition coefficient (Wildman–Crippen LogP) is 1.81. The first-order valence-corrected chi connectivity index (χ1v) is 6.44. The lowest BCUT2D eigenvalue weighted by Crippen LogP contribution is -2.44. The largest absolute Gasteiger partial charge is 0.463 e. The summed E-state index contributed by atoms with van der Waals surface area (Å²) in [7, 11) is 0. The maximum atomic E-state index is 11.9. The van der Waals surface area contributed by atoms with Gasteiger partial charge < -0.3 is 14.2 Å². The molecule has 18 heavy (non-hydrogen) atoms. The van der Waals surface area contributed by atoms with Gasteiger partial charge in [-0.3, -0.25) is 0 Å². The highest BCUT2D eigenvalue weighted by atomic mass is 16.8. The second kappa shape index (κ2) is 3.93. The summed E-state index contributed by atoms with van der Waals surface area (Å²) in [5, 5.41) is 0. The summed E-state index contributed by atoms with van der Waals surface area (Å²) in [4.78, 5) is 11.9. The van der Waals surface area contributed by atoms with Gasteiger partial charge in [0, 0.05) is 17.4 Å². The van der Waals surface area contributed by atoms with Gasteiger partial charge in [-0.05, 0) is 20.8 Å². The van der Waals surface area contributed by atoms with E-state index in [-0.39, 0.29) is 30.0 Å². The van der Waals surface area contributed by atoms with Crippen molar-refractivity contribution in [1.29, 1.82) is 0 Å². The number of carbonyl (C=O) groups is 1. The number of rotatable bonds is 2. The van der Waals surface area contributed by atoms with Crippen LogP contribution in [0, 0.1) is 11.8 Å². The van der Waals surface area contributed by atoms with E-state index in [0.717, 1.165) is 0 Å². The molecule has 98 valence electrons. The lowest BCUT2D eigenvalue weighted by Gasteiger charge is -2.37. The summed E-state index contributed by atoms with van der Waals surface area (Å²) in [6.07, 6.45) is 6.06. The van der Waals surface area contributed by atoms with E-state index >= 15 is 0 Å². The predicted molar refractivity (Wildman–Crippen MR) is 64.7 cm³/mol. The lowest BCUT2D eigenvalue weighted by atomic mass is 9.73. The minimum Gasteiger partial charge on any atom is -0.463 e. The van der Waals surface area contributed by atoms with E-state index in [4.69, 9.17) is 14.2 Å². The SMILES string of the molecule is CCOC(=O)C1=C[C@@H]2C=C[C@H]1[C@H]1OC(C)(C)O[C@@H]21. The molecule has 3 aliphatic carbocycles. The van der Waals surface area contributed by atoms with Gasteiger partial charge in [0.1, 0.15) is 0 Å². The van der Waals surface area contributed by atoms with Gasteiger partial charge in [0.05, 0.1) is 18.8 Å². The van der Waals surface area contributed by atoms with Crippen LogP contribution in [0.5, 0.6) is 0 Å². The zero-order chi connectivity index (χ0) is 12.9. The quantitative estimate of drug-likeness (QED) is 0.554. The summed E-state index contributed by atoms with van der Waals surface area (Å²) in [5.74, 6) is -0.735. The molecule has 0 spiro atoms. The molecule has 1 saturated heterocycles. The molecule has 1 heterocycles. The van der Waals surface area contributed by atoms with Gasteiger partial charge in [0.15, 0.2) is 5.79 Å². The van der Waals surface area contributed by atoms with E-state index in [1.165, 1.54) is 0 Å². The smallest absolute Gasteiger partial charge is 0.334 e. The molecule has 1 fully saturated rings. The van der Waals surface area contributed by atoms with Gasteiger partial charge in [-0.2, -0.15) is 0 Å². The van der Waals surface area contributed by atoms with Crippen LogP contribution in [0.15, 0.2) is 23.8 Å². The van der Waals surface area contributed by atoms with Crippen LogP contribution < -0.4 is 0 Å². The van der Waals surface area contributed by atoms with E-state index < -0.39 is 5.79 Å². The highest BCUT2D eigenvalue weighted by molar-refractivity contribution is 5.90. The first kappa shape index (κ1) is 11.9. The Hall–Kier alpha value is -1.13. The fraction of sp³-hybridized carbons (Fsp3) is 0.643. The molecule has 1 aliphatic heterocycles. The van der Waals surface area contributed by atoms with Crippen molar-refractivity contribution >= 4 is 5.97 Å². The summed E-state index contributed by atoms with van der Waals surface area (Å²) in [5.41, 5.74) is 0.715. The van der Waals surface area contributed by atoms with Crippen LogP contribution in [0.2, 0.25) is 0 Å². The first-order chi connectivity index (χ1) is 8.52. The average molecular weight is 250 g/mol. The fourth-order valence-corrected chi connectivity index (χ4v) is 3.03. The molecule has 4 rings (SSSR count). The number of hydrogen-bond acceptors (Lipinski definition) is 4. The zero-order valence-electron chi connectivity index (χ0n) is 10.9. The van der Waals surface area contributed by atoms with Crippen molar-refractivity contribution in [3.63, 3.8) is 0 Å². The molecule has 4 heteroatoms. The van der Waals surface area contributed by atoms with Crippen molar-refractivity contribution in [2.24, 2.45) is 11.8 Å². The van der Waals surface area contributed by atoms with Crippen LogP contribution in [0.3, 0.4) is 0 Å². The first-order valence-electron chi connectivity index (χ1n) is 6.44. The van der Waals surface area contributed by atoms with Gasteiger partial charge in [-0.1, -0.05) is 18.2 Å². The van der Waals surface area contributed by atoms with Crippen molar-refractivity contribution in [3.8, 4) is 0 Å². The Morgan fingerprint density at radius 1 is 1.33 bits per heavy atom. The van der Waals surface area contributed by atoms with Gasteiger partial charge in [0.2, 0.25) is 0 Å². The molecule has 0 amide bonds. The van der Waals surface area contributed by atoms with Crippen molar-refractivity contribution in [2.45, 2.75) is 38.8 Å². The Bertz CT molecular complexity index is 435. The van der Waals surface area contributed by atoms with Gasteiger partial charge in [0.25, 0.3) is 0 Å². The van der Waals surface area contributed by atoms with Crippen molar-refractivity contribution in [1.82, 2.24) is 0 Å². The normalized spacial score (nSPS) is 39.4. The molecule has 4 atom stereocenters. The molecular weight excluding hydrogens is 232 g/mol. The van der Waals surface area contributed by atoms with E-state index in [1.807, 2.05) is 32.9 Å². The third-order valence-electron chi connectivity index (χ3n) is 3.68. The topological polar surface area (TPSA) is 44.8 Å². The Balaban J connectivity index is 1.88. The molecule has 0 radical (unpaired) electrons. The van der Waals surface area contributed by atoms with Crippen LogP contribution in [-0.4, -0.2) is 30.6 Å². The Labute approximate surface area is 107 Å². The van der Waals surface area contributed by atoms with Crippen LogP contribution in [0.25, 0.3) is 0 Å². The second-order valence-corrected chi connectivity index (χ2v) is 5.40. The molecule has 0 N–H and O–H groups in total. The van der Waals surface area contributed by atoms with E-state index in [9.17, 15) is 4.79 Å². The zero-order valence-corrected chi connectivity index (χ0v) is 10.9. The molecular formula is C14H18O4. The third-order valence-corrected chi connectivity index (χ3v) is 3.68. The van der Waals surface area contributed by atoms with Crippen LogP contribution in [0.1, 0.15) is 20.8 Å². The minimum atomic E-state index is -0.574. The fourth-order valence-electron chi connectivity index (χ4n) is 3.03. The molecule has 0 saturated carbocycles. The monoisotopic (exact) mass is 250 g/mol. The molecule has 0 aromatic carbocycles. The molecule has 0 aromatic rings. The van der Waals surface area contributed by atoms with Gasteiger partial charge in [-0.15, -0.1) is 0 Å². The standard InChI is InChI=1S/C14H18O4/c1-4-16-13(15)10-7-8-5-6-9(10)12-11(8)17-14(2,3)18-12/h5-9,11-12H,4H2,1-3H3/t8-,9+,11-,12+/m0/s1. The Kier molecular flexibility index (Phi) is 2.61. The van der Waals surface area contributed by atoms with E-state index in [1.54, 1.807) is 0 Å². The molecule has 4 nitrogen and oxygen atoms in total. The van der Waals surface area contributed by atoms with Crippen LogP contribution >= 0.6 is 0 Å². The summed E-state index contributed by atoms with van der Waals surface area (Å²) < 4.78 is 16.9. The maximum absolute atomic E-state index is 11.9. The van der Waals surface area contributed by atoms with Gasteiger partial charge in [-0.25, -0.2) is 4.79 Å². The molecule has 0 aromatic heterocycles. The van der Waals surface area contributed by atoms with Crippen molar-refractivity contribution in [2.75, 3.05) is 6.61 Å². The maximum Gasteiger partial charge on any atom is 0.334 e. The Morgan fingerprint density at radius 3 is 2.78 bits per heavy atom. The number of ether oxygens (including phenoxy) is 3. The number of hydrogen-bond donors (Lipinski definition) is 0. The minimum absolute atomic E-state index is 0.0215. The summed E-state index contributed by atoms with van der Waals surface area (Å²) >= 11 is 0. The van der Waals surface area contributed by atoms with Gasteiger partial charge >= 0.3 is 5.97 Å². The molecule has 4 aliphatic rings. The highest BCUT2D eigenvalue weighted by Crippen LogP contribution is 2.46. The summed E-state index contributed by atoms with van der Waals surface area (Å²) in [6, 6.07) is 0. The second-order valence-electron chi connectivity index (χ2n) is 5.40. The Morgan fingerprint density at radius 2 is 2.06 bits per heavy atom. The summed E-state index contributed by atoms with van der Waals surface area (Å²) in [6.45, 7) is 6.04. The molecule has 2 bridgehead atoms. The third kappa shape index (κ3) is 1.71. The van der Waals surface area contributed by atoms with Crippen molar-refractivity contribution in [3.05, 3.63) is 23.8 Å². The average Bonchev–Trinajstić information content (AvgIpc) is 2.66.